The first-order chi connectivity index (χ1) is 12.6. The molecule has 0 atom stereocenters. The van der Waals surface area contributed by atoms with Crippen molar-refractivity contribution in [2.24, 2.45) is 4.99 Å². The third-order valence-corrected chi connectivity index (χ3v) is 4.43. The Bertz CT molecular complexity index is 1110. The van der Waals surface area contributed by atoms with Gasteiger partial charge in [0.2, 0.25) is 0 Å². The molecule has 1 heterocycles. The van der Waals surface area contributed by atoms with Crippen LogP contribution < -0.4 is 5.73 Å². The molecule has 0 saturated carbocycles. The number of hydrogen-bond acceptors (Lipinski definition) is 3. The summed E-state index contributed by atoms with van der Waals surface area (Å²) in [4.78, 5) is 7.93. The average molecular weight is 341 g/mol. The topological polar surface area (TPSA) is 74.4 Å². The number of anilines is 1. The second-order valence-electron chi connectivity index (χ2n) is 6.27. The van der Waals surface area contributed by atoms with E-state index in [4.69, 9.17) is 10.7 Å². The number of benzene rings is 3. The standard InChI is InChI=1S/C22H19N3O/c1-14-7-5-6-10-18(14)24-21(15-8-3-2-4-9-15)20-17-13-16(23)11-12-19(17)25-22(20)26/h2-13,25-26H,23H2,1H3. The van der Waals surface area contributed by atoms with Gasteiger partial charge in [-0.3, -0.25) is 0 Å². The number of aryl methyl sites for hydroxylation is 1. The Hall–Kier alpha value is -3.53. The number of hydrogen-bond donors (Lipinski definition) is 3. The van der Waals surface area contributed by atoms with E-state index in [0.29, 0.717) is 17.0 Å². The Morgan fingerprint density at radius 1 is 0.962 bits per heavy atom. The molecule has 0 fully saturated rings. The molecular weight excluding hydrogens is 322 g/mol. The van der Waals surface area contributed by atoms with Crippen LogP contribution >= 0.6 is 0 Å². The maximum Gasteiger partial charge on any atom is 0.199 e. The van der Waals surface area contributed by atoms with Crippen LogP contribution in [0.15, 0.2) is 77.8 Å². The van der Waals surface area contributed by atoms with Crippen LogP contribution in [0.2, 0.25) is 0 Å². The SMILES string of the molecule is Cc1ccccc1N=C(c1ccccc1)c1c(O)[nH]c2ccc(N)cc12. The summed E-state index contributed by atoms with van der Waals surface area (Å²) in [5, 5.41) is 11.5. The second kappa shape index (κ2) is 6.41. The molecule has 26 heavy (non-hydrogen) atoms. The van der Waals surface area contributed by atoms with E-state index in [2.05, 4.69) is 4.98 Å². The van der Waals surface area contributed by atoms with Crippen molar-refractivity contribution >= 4 is 28.0 Å². The highest BCUT2D eigenvalue weighted by atomic mass is 16.3. The zero-order chi connectivity index (χ0) is 18.1. The molecule has 0 aliphatic carbocycles. The van der Waals surface area contributed by atoms with Gasteiger partial charge in [0, 0.05) is 22.2 Å². The van der Waals surface area contributed by atoms with Crippen molar-refractivity contribution in [3.63, 3.8) is 0 Å². The fourth-order valence-corrected chi connectivity index (χ4v) is 3.11. The predicted octanol–water partition coefficient (Wildman–Crippen LogP) is 4.93. The lowest BCUT2D eigenvalue weighted by Gasteiger charge is -2.09. The van der Waals surface area contributed by atoms with Gasteiger partial charge >= 0.3 is 0 Å². The molecule has 0 radical (unpaired) electrons. The lowest BCUT2D eigenvalue weighted by Crippen LogP contribution is -2.03. The molecule has 0 amide bonds. The summed E-state index contributed by atoms with van der Waals surface area (Å²) in [7, 11) is 0. The van der Waals surface area contributed by atoms with Crippen molar-refractivity contribution in [1.82, 2.24) is 4.98 Å². The van der Waals surface area contributed by atoms with Crippen molar-refractivity contribution in [1.29, 1.82) is 0 Å². The van der Waals surface area contributed by atoms with Gasteiger partial charge in [-0.1, -0.05) is 48.5 Å². The molecule has 0 unspecified atom stereocenters. The molecular formula is C22H19N3O. The van der Waals surface area contributed by atoms with E-state index >= 15 is 0 Å². The fourth-order valence-electron chi connectivity index (χ4n) is 3.11. The van der Waals surface area contributed by atoms with E-state index in [1.165, 1.54) is 0 Å². The summed E-state index contributed by atoms with van der Waals surface area (Å²) in [6, 6.07) is 23.3. The molecule has 4 N–H and O–H groups in total. The number of rotatable bonds is 3. The number of nitrogens with zero attached hydrogens (tertiary/aromatic N) is 1. The molecule has 128 valence electrons. The number of nitrogens with two attached hydrogens (primary N) is 1. The number of aromatic nitrogens is 1. The van der Waals surface area contributed by atoms with Crippen molar-refractivity contribution in [2.75, 3.05) is 5.73 Å². The molecule has 4 heteroatoms. The predicted molar refractivity (Wildman–Crippen MR) is 107 cm³/mol. The smallest absolute Gasteiger partial charge is 0.199 e. The van der Waals surface area contributed by atoms with E-state index in [9.17, 15) is 5.11 Å². The van der Waals surface area contributed by atoms with Crippen LogP contribution in [0.4, 0.5) is 11.4 Å². The van der Waals surface area contributed by atoms with Crippen LogP contribution in [0.5, 0.6) is 5.88 Å². The first-order valence-electron chi connectivity index (χ1n) is 8.44. The van der Waals surface area contributed by atoms with Gasteiger partial charge in [0.1, 0.15) is 0 Å². The van der Waals surface area contributed by atoms with Crippen LogP contribution in [0.3, 0.4) is 0 Å². The number of H-pyrrole nitrogens is 1. The van der Waals surface area contributed by atoms with Gasteiger partial charge in [0.05, 0.1) is 17.0 Å². The van der Waals surface area contributed by atoms with Gasteiger partial charge in [-0.2, -0.15) is 0 Å². The summed E-state index contributed by atoms with van der Waals surface area (Å²) < 4.78 is 0. The van der Waals surface area contributed by atoms with Gasteiger partial charge in [-0.25, -0.2) is 4.99 Å². The number of fused-ring (bicyclic) bond motifs is 1. The van der Waals surface area contributed by atoms with Gasteiger partial charge in [0.25, 0.3) is 0 Å². The number of aromatic hydroxyl groups is 1. The molecule has 4 nitrogen and oxygen atoms in total. The fraction of sp³-hybridized carbons (Fsp3) is 0.0455. The highest BCUT2D eigenvalue weighted by Gasteiger charge is 2.19. The average Bonchev–Trinajstić information content (AvgIpc) is 2.97. The minimum absolute atomic E-state index is 0.0850. The third kappa shape index (κ3) is 2.82. The van der Waals surface area contributed by atoms with E-state index in [-0.39, 0.29) is 5.88 Å². The molecule has 3 aromatic carbocycles. The van der Waals surface area contributed by atoms with Gasteiger partial charge < -0.3 is 15.8 Å². The first-order valence-corrected chi connectivity index (χ1v) is 8.44. The molecule has 0 spiro atoms. The van der Waals surface area contributed by atoms with E-state index in [0.717, 1.165) is 27.7 Å². The van der Waals surface area contributed by atoms with Crippen LogP contribution in [0.25, 0.3) is 10.9 Å². The minimum Gasteiger partial charge on any atom is -0.494 e. The Labute approximate surface area is 151 Å². The molecule has 1 aromatic heterocycles. The Morgan fingerprint density at radius 3 is 2.46 bits per heavy atom. The van der Waals surface area contributed by atoms with Crippen molar-refractivity contribution < 1.29 is 5.11 Å². The molecule has 0 aliphatic rings. The highest BCUT2D eigenvalue weighted by molar-refractivity contribution is 6.22. The number of aliphatic imine (C=N–C) groups is 1. The number of aromatic amines is 1. The number of nitrogens with one attached hydrogen (secondary N) is 1. The van der Waals surface area contributed by atoms with Crippen LogP contribution in [-0.2, 0) is 0 Å². The lowest BCUT2D eigenvalue weighted by molar-refractivity contribution is 0.457. The number of para-hydroxylation sites is 1. The van der Waals surface area contributed by atoms with E-state index in [1.807, 2.05) is 79.7 Å². The Kier molecular flexibility index (Phi) is 3.93. The van der Waals surface area contributed by atoms with E-state index in [1.54, 1.807) is 0 Å². The minimum atomic E-state index is 0.0850. The molecule has 0 saturated heterocycles. The quantitative estimate of drug-likeness (QED) is 0.365. The van der Waals surface area contributed by atoms with Crippen LogP contribution in [0, 0.1) is 6.92 Å². The summed E-state index contributed by atoms with van der Waals surface area (Å²) >= 11 is 0. The van der Waals surface area contributed by atoms with Gasteiger partial charge in [-0.05, 0) is 36.8 Å². The lowest BCUT2D eigenvalue weighted by atomic mass is 10.0. The van der Waals surface area contributed by atoms with Crippen LogP contribution in [-0.4, -0.2) is 15.8 Å². The zero-order valence-electron chi connectivity index (χ0n) is 14.4. The molecule has 0 bridgehead atoms. The second-order valence-corrected chi connectivity index (χ2v) is 6.27. The van der Waals surface area contributed by atoms with Gasteiger partial charge in [0.15, 0.2) is 5.88 Å². The van der Waals surface area contributed by atoms with Gasteiger partial charge in [-0.15, -0.1) is 0 Å². The summed E-state index contributed by atoms with van der Waals surface area (Å²) in [6.07, 6.45) is 0. The Morgan fingerprint density at radius 2 is 1.69 bits per heavy atom. The molecule has 4 rings (SSSR count). The first kappa shape index (κ1) is 16.0. The zero-order valence-corrected chi connectivity index (χ0v) is 14.4. The van der Waals surface area contributed by atoms with Crippen molar-refractivity contribution in [3.8, 4) is 5.88 Å². The monoisotopic (exact) mass is 341 g/mol. The Balaban J connectivity index is 2.03. The van der Waals surface area contributed by atoms with Crippen molar-refractivity contribution in [2.45, 2.75) is 6.92 Å². The van der Waals surface area contributed by atoms with E-state index < -0.39 is 0 Å². The summed E-state index contributed by atoms with van der Waals surface area (Å²) in [6.45, 7) is 2.02. The molecule has 4 aromatic rings. The third-order valence-electron chi connectivity index (χ3n) is 4.43. The summed E-state index contributed by atoms with van der Waals surface area (Å²) in [5.74, 6) is 0.0850. The number of nitrogen functional groups attached to an aromatic ring is 1. The maximum atomic E-state index is 10.6. The van der Waals surface area contributed by atoms with Crippen LogP contribution in [0.1, 0.15) is 16.7 Å². The van der Waals surface area contributed by atoms with Crippen molar-refractivity contribution in [3.05, 3.63) is 89.5 Å². The largest absolute Gasteiger partial charge is 0.494 e. The molecule has 0 aliphatic heterocycles. The summed E-state index contributed by atoms with van der Waals surface area (Å²) in [5.41, 5.74) is 11.7. The highest BCUT2D eigenvalue weighted by Crippen LogP contribution is 2.33. The maximum absolute atomic E-state index is 10.6. The normalized spacial score (nSPS) is 11.8.